The zero-order valence-electron chi connectivity index (χ0n) is 11.9. The average Bonchev–Trinajstić information content (AvgIpc) is 2.84. The van der Waals surface area contributed by atoms with E-state index in [2.05, 4.69) is 5.32 Å². The van der Waals surface area contributed by atoms with Gasteiger partial charge in [0.25, 0.3) is 5.91 Å². The molecule has 2 atom stereocenters. The fraction of sp³-hybridized carbons (Fsp3) is 0.500. The van der Waals surface area contributed by atoms with Gasteiger partial charge in [0.15, 0.2) is 9.84 Å². The van der Waals surface area contributed by atoms with E-state index in [1.54, 1.807) is 0 Å². The molecule has 1 aromatic carbocycles. The number of nitrogens with two attached hydrogens (primary N) is 1. The maximum Gasteiger partial charge on any atom is 0.251 e. The minimum absolute atomic E-state index is 0.0257. The molecular formula is C14H20N2O4S. The van der Waals surface area contributed by atoms with Crippen molar-refractivity contribution in [1.82, 2.24) is 5.32 Å². The number of aliphatic hydroxyl groups excluding tert-OH is 1. The molecule has 116 valence electrons. The van der Waals surface area contributed by atoms with Gasteiger partial charge in [0.05, 0.1) is 4.90 Å². The molecule has 1 saturated carbocycles. The van der Waals surface area contributed by atoms with Crippen molar-refractivity contribution in [2.24, 2.45) is 5.92 Å². The van der Waals surface area contributed by atoms with E-state index in [-0.39, 0.29) is 40.6 Å². The lowest BCUT2D eigenvalue weighted by atomic mass is 10.0. The Balaban J connectivity index is 2.21. The summed E-state index contributed by atoms with van der Waals surface area (Å²) in [6.45, 7) is 0.0382. The molecule has 0 radical (unpaired) electrons. The molecular weight excluding hydrogens is 292 g/mol. The Morgan fingerprint density at radius 2 is 2.10 bits per heavy atom. The van der Waals surface area contributed by atoms with Gasteiger partial charge in [-0.15, -0.1) is 0 Å². The van der Waals surface area contributed by atoms with E-state index in [1.165, 1.54) is 18.2 Å². The monoisotopic (exact) mass is 312 g/mol. The van der Waals surface area contributed by atoms with E-state index in [0.717, 1.165) is 25.5 Å². The van der Waals surface area contributed by atoms with Crippen molar-refractivity contribution >= 4 is 21.4 Å². The number of aliphatic hydroxyl groups is 1. The Morgan fingerprint density at radius 3 is 2.71 bits per heavy atom. The molecule has 0 heterocycles. The minimum atomic E-state index is -3.42. The van der Waals surface area contributed by atoms with Crippen molar-refractivity contribution in [2.45, 2.75) is 30.2 Å². The van der Waals surface area contributed by atoms with Crippen LogP contribution in [0.25, 0.3) is 0 Å². The summed E-state index contributed by atoms with van der Waals surface area (Å²) in [4.78, 5) is 12.3. The number of rotatable bonds is 4. The summed E-state index contributed by atoms with van der Waals surface area (Å²) >= 11 is 0. The molecule has 1 aliphatic rings. The highest BCUT2D eigenvalue weighted by atomic mass is 32.2. The number of anilines is 1. The van der Waals surface area contributed by atoms with E-state index in [0.29, 0.717) is 0 Å². The van der Waals surface area contributed by atoms with E-state index >= 15 is 0 Å². The van der Waals surface area contributed by atoms with Crippen molar-refractivity contribution in [3.05, 3.63) is 23.8 Å². The zero-order valence-corrected chi connectivity index (χ0v) is 12.7. The van der Waals surface area contributed by atoms with Gasteiger partial charge in [0.2, 0.25) is 0 Å². The van der Waals surface area contributed by atoms with Crippen LogP contribution in [-0.4, -0.2) is 38.3 Å². The van der Waals surface area contributed by atoms with Crippen LogP contribution >= 0.6 is 0 Å². The van der Waals surface area contributed by atoms with Gasteiger partial charge in [-0.05, 0) is 31.0 Å². The second-order valence-corrected chi connectivity index (χ2v) is 7.53. The van der Waals surface area contributed by atoms with Crippen molar-refractivity contribution < 1.29 is 18.3 Å². The predicted molar refractivity (Wildman–Crippen MR) is 79.6 cm³/mol. The Bertz CT molecular complexity index is 642. The molecule has 0 aromatic heterocycles. The van der Waals surface area contributed by atoms with E-state index in [9.17, 15) is 18.3 Å². The van der Waals surface area contributed by atoms with E-state index in [1.807, 2.05) is 0 Å². The largest absolute Gasteiger partial charge is 0.399 e. The van der Waals surface area contributed by atoms with Crippen LogP contribution in [0.1, 0.15) is 29.6 Å². The second kappa shape index (κ2) is 6.03. The first-order chi connectivity index (χ1) is 9.81. The summed E-state index contributed by atoms with van der Waals surface area (Å²) in [6, 6.07) is 4.03. The topological polar surface area (TPSA) is 109 Å². The number of hydrogen-bond donors (Lipinski definition) is 3. The van der Waals surface area contributed by atoms with Crippen molar-refractivity contribution in [3.63, 3.8) is 0 Å². The molecule has 21 heavy (non-hydrogen) atoms. The molecule has 1 aliphatic carbocycles. The molecule has 2 unspecified atom stereocenters. The van der Waals surface area contributed by atoms with Gasteiger partial charge in [-0.25, -0.2) is 8.42 Å². The first-order valence-electron chi connectivity index (χ1n) is 6.83. The van der Waals surface area contributed by atoms with E-state index in [4.69, 9.17) is 5.73 Å². The van der Waals surface area contributed by atoms with E-state index < -0.39 is 9.84 Å². The van der Waals surface area contributed by atoms with Crippen LogP contribution in [0.15, 0.2) is 23.1 Å². The molecule has 0 spiro atoms. The van der Waals surface area contributed by atoms with Crippen LogP contribution in [0.5, 0.6) is 0 Å². The molecule has 7 heteroatoms. The van der Waals surface area contributed by atoms with Crippen LogP contribution in [0.4, 0.5) is 5.69 Å². The third kappa shape index (κ3) is 3.74. The first kappa shape index (κ1) is 15.8. The maximum absolute atomic E-state index is 12.3. The summed E-state index contributed by atoms with van der Waals surface area (Å²) in [7, 11) is -3.42. The highest BCUT2D eigenvalue weighted by molar-refractivity contribution is 7.90. The van der Waals surface area contributed by atoms with Crippen LogP contribution < -0.4 is 11.1 Å². The molecule has 4 N–H and O–H groups in total. The number of nitrogen functional groups attached to an aromatic ring is 1. The fourth-order valence-corrected chi connectivity index (χ4v) is 3.36. The molecule has 6 nitrogen and oxygen atoms in total. The lowest BCUT2D eigenvalue weighted by Crippen LogP contribution is -2.38. The van der Waals surface area contributed by atoms with Gasteiger partial charge >= 0.3 is 0 Å². The Morgan fingerprint density at radius 1 is 1.38 bits per heavy atom. The quantitative estimate of drug-likeness (QED) is 0.704. The van der Waals surface area contributed by atoms with Gasteiger partial charge in [0, 0.05) is 36.1 Å². The van der Waals surface area contributed by atoms with Gasteiger partial charge in [0.1, 0.15) is 0 Å². The standard InChI is InChI=1S/C14H20N2O4S/c1-21(19,20)12-6-10(5-11(15)7-12)14(18)16-13-4-2-3-9(13)8-17/h5-7,9,13,17H,2-4,8,15H2,1H3,(H,16,18). The third-order valence-corrected chi connectivity index (χ3v) is 4.92. The number of nitrogens with one attached hydrogen (secondary N) is 1. The fourth-order valence-electron chi connectivity index (χ4n) is 2.66. The number of sulfone groups is 1. The summed E-state index contributed by atoms with van der Waals surface area (Å²) in [5.74, 6) is -0.304. The number of amides is 1. The number of carbonyl (C=O) groups is 1. The Hall–Kier alpha value is -1.60. The van der Waals surface area contributed by atoms with Crippen LogP contribution in [0.3, 0.4) is 0 Å². The highest BCUT2D eigenvalue weighted by Gasteiger charge is 2.28. The first-order valence-corrected chi connectivity index (χ1v) is 8.72. The normalized spacial score (nSPS) is 22.2. The molecule has 2 rings (SSSR count). The smallest absolute Gasteiger partial charge is 0.251 e. The minimum Gasteiger partial charge on any atom is -0.399 e. The summed E-state index contributed by atoms with van der Waals surface area (Å²) in [5, 5.41) is 12.1. The number of hydrogen-bond acceptors (Lipinski definition) is 5. The van der Waals surface area contributed by atoms with Gasteiger partial charge in [-0.1, -0.05) is 6.42 Å². The maximum atomic E-state index is 12.3. The number of carbonyl (C=O) groups excluding carboxylic acids is 1. The SMILES string of the molecule is CS(=O)(=O)c1cc(N)cc(C(=O)NC2CCCC2CO)c1. The molecule has 0 bridgehead atoms. The third-order valence-electron chi connectivity index (χ3n) is 3.83. The summed E-state index contributed by atoms with van der Waals surface area (Å²) in [6.07, 6.45) is 3.73. The van der Waals surface area contributed by atoms with Gasteiger partial charge in [-0.2, -0.15) is 0 Å². The lowest BCUT2D eigenvalue weighted by molar-refractivity contribution is 0.0916. The van der Waals surface area contributed by atoms with Crippen molar-refractivity contribution in [3.8, 4) is 0 Å². The molecule has 1 fully saturated rings. The molecule has 0 saturated heterocycles. The lowest BCUT2D eigenvalue weighted by Gasteiger charge is -2.19. The summed E-state index contributed by atoms with van der Waals surface area (Å²) in [5.41, 5.74) is 6.12. The second-order valence-electron chi connectivity index (χ2n) is 5.52. The van der Waals surface area contributed by atoms with Crippen LogP contribution in [-0.2, 0) is 9.84 Å². The predicted octanol–water partition coefficient (Wildman–Crippen LogP) is 0.563. The van der Waals surface area contributed by atoms with Crippen LogP contribution in [0.2, 0.25) is 0 Å². The molecule has 0 aliphatic heterocycles. The highest BCUT2D eigenvalue weighted by Crippen LogP contribution is 2.25. The number of benzene rings is 1. The Labute approximate surface area is 124 Å². The molecule has 1 aromatic rings. The average molecular weight is 312 g/mol. The van der Waals surface area contributed by atoms with Gasteiger partial charge in [-0.3, -0.25) is 4.79 Å². The van der Waals surface area contributed by atoms with Crippen molar-refractivity contribution in [1.29, 1.82) is 0 Å². The zero-order chi connectivity index (χ0) is 15.6. The molecule has 1 amide bonds. The van der Waals surface area contributed by atoms with Gasteiger partial charge < -0.3 is 16.2 Å². The summed E-state index contributed by atoms with van der Waals surface area (Å²) < 4.78 is 23.2. The Kier molecular flexibility index (Phi) is 4.53. The van der Waals surface area contributed by atoms with Crippen molar-refractivity contribution in [2.75, 3.05) is 18.6 Å². The van der Waals surface area contributed by atoms with Crippen LogP contribution in [0, 0.1) is 5.92 Å².